The maximum Gasteiger partial charge on any atom is 0.266 e. The number of nitrogens with zero attached hydrogens (tertiary/aromatic N) is 3. The number of Topliss-reactive ketones (excluding diaryl/α,β-unsaturated/α-hetero) is 1. The second kappa shape index (κ2) is 5.72. The monoisotopic (exact) mass is 263 g/mol. The van der Waals surface area contributed by atoms with Gasteiger partial charge in [-0.05, 0) is 30.8 Å². The summed E-state index contributed by atoms with van der Waals surface area (Å²) < 4.78 is 5.34. The van der Waals surface area contributed by atoms with Crippen molar-refractivity contribution in [1.82, 2.24) is 10.1 Å². The molecule has 0 spiro atoms. The molecular weight excluding hydrogens is 242 g/mol. The Morgan fingerprint density at radius 3 is 2.58 bits per heavy atom. The van der Waals surface area contributed by atoms with Crippen molar-refractivity contribution in [2.45, 2.75) is 57.3 Å². The standard InChI is InChI=1S/C14H21N3O2/c18-12-8-4-3-7-11(12)13-15-14(16-19-13)17-9-5-1-2-6-10-17/h11H,1-10H2. The van der Waals surface area contributed by atoms with Crippen molar-refractivity contribution in [2.24, 2.45) is 0 Å². The average molecular weight is 263 g/mol. The topological polar surface area (TPSA) is 59.2 Å². The first-order chi connectivity index (χ1) is 9.34. The van der Waals surface area contributed by atoms with Gasteiger partial charge in [0.15, 0.2) is 0 Å². The highest BCUT2D eigenvalue weighted by Crippen LogP contribution is 2.30. The van der Waals surface area contributed by atoms with E-state index in [4.69, 9.17) is 4.52 Å². The Morgan fingerprint density at radius 1 is 1.05 bits per heavy atom. The maximum atomic E-state index is 11.9. The summed E-state index contributed by atoms with van der Waals surface area (Å²) in [6.07, 6.45) is 8.54. The van der Waals surface area contributed by atoms with Gasteiger partial charge in [-0.2, -0.15) is 4.98 Å². The van der Waals surface area contributed by atoms with Gasteiger partial charge in [-0.3, -0.25) is 4.79 Å². The minimum Gasteiger partial charge on any atom is -0.338 e. The fourth-order valence-electron chi connectivity index (χ4n) is 3.01. The van der Waals surface area contributed by atoms with Gasteiger partial charge in [0, 0.05) is 19.5 Å². The number of carbonyl (C=O) groups is 1. The summed E-state index contributed by atoms with van der Waals surface area (Å²) in [7, 11) is 0. The van der Waals surface area contributed by atoms with Crippen LogP contribution in [0.5, 0.6) is 0 Å². The molecular formula is C14H21N3O2. The van der Waals surface area contributed by atoms with E-state index in [-0.39, 0.29) is 11.7 Å². The van der Waals surface area contributed by atoms with E-state index in [9.17, 15) is 4.79 Å². The van der Waals surface area contributed by atoms with E-state index in [0.717, 1.165) is 32.4 Å². The summed E-state index contributed by atoms with van der Waals surface area (Å²) in [6.45, 7) is 2.00. The van der Waals surface area contributed by atoms with Gasteiger partial charge in [-0.15, -0.1) is 0 Å². The lowest BCUT2D eigenvalue weighted by Gasteiger charge is -2.17. The first kappa shape index (κ1) is 12.6. The number of aromatic nitrogens is 2. The van der Waals surface area contributed by atoms with Crippen LogP contribution in [0.25, 0.3) is 0 Å². The molecule has 1 atom stereocenters. The lowest BCUT2D eigenvalue weighted by atomic mass is 9.88. The van der Waals surface area contributed by atoms with Crippen molar-refractivity contribution < 1.29 is 9.32 Å². The minimum absolute atomic E-state index is 0.151. The fourth-order valence-corrected chi connectivity index (χ4v) is 3.01. The van der Waals surface area contributed by atoms with Crippen LogP contribution in [0.15, 0.2) is 4.52 Å². The number of ketones is 1. The van der Waals surface area contributed by atoms with Crippen molar-refractivity contribution in [1.29, 1.82) is 0 Å². The molecule has 2 aliphatic rings. The first-order valence-corrected chi connectivity index (χ1v) is 7.46. The molecule has 1 saturated carbocycles. The molecule has 0 bridgehead atoms. The summed E-state index contributed by atoms with van der Waals surface area (Å²) >= 11 is 0. The Balaban J connectivity index is 1.72. The molecule has 1 unspecified atom stereocenters. The lowest BCUT2D eigenvalue weighted by Crippen LogP contribution is -2.25. The summed E-state index contributed by atoms with van der Waals surface area (Å²) in [6, 6.07) is 0. The SMILES string of the molecule is O=C1CCCCC1c1nc(N2CCCCCC2)no1. The predicted molar refractivity (Wildman–Crippen MR) is 71.2 cm³/mol. The van der Waals surface area contributed by atoms with E-state index >= 15 is 0 Å². The lowest BCUT2D eigenvalue weighted by molar-refractivity contribution is -0.122. The normalized spacial score (nSPS) is 25.4. The molecule has 1 saturated heterocycles. The van der Waals surface area contributed by atoms with Crippen LogP contribution >= 0.6 is 0 Å². The zero-order chi connectivity index (χ0) is 13.1. The van der Waals surface area contributed by atoms with Crippen molar-refractivity contribution in [2.75, 3.05) is 18.0 Å². The van der Waals surface area contributed by atoms with Crippen LogP contribution in [-0.4, -0.2) is 29.0 Å². The molecule has 1 aromatic rings. The largest absolute Gasteiger partial charge is 0.338 e. The Bertz CT molecular complexity index is 436. The molecule has 0 radical (unpaired) electrons. The third-order valence-electron chi connectivity index (χ3n) is 4.17. The van der Waals surface area contributed by atoms with E-state index in [1.165, 1.54) is 25.7 Å². The summed E-state index contributed by atoms with van der Waals surface area (Å²) in [4.78, 5) is 18.6. The van der Waals surface area contributed by atoms with Gasteiger partial charge < -0.3 is 9.42 Å². The zero-order valence-electron chi connectivity index (χ0n) is 11.3. The Morgan fingerprint density at radius 2 is 1.84 bits per heavy atom. The molecule has 2 fully saturated rings. The molecule has 104 valence electrons. The molecule has 1 aromatic heterocycles. The van der Waals surface area contributed by atoms with Gasteiger partial charge in [-0.1, -0.05) is 19.3 Å². The van der Waals surface area contributed by atoms with E-state index in [1.54, 1.807) is 0 Å². The zero-order valence-corrected chi connectivity index (χ0v) is 11.3. The highest BCUT2D eigenvalue weighted by atomic mass is 16.5. The summed E-state index contributed by atoms with van der Waals surface area (Å²) in [5, 5.41) is 4.08. The quantitative estimate of drug-likeness (QED) is 0.821. The van der Waals surface area contributed by atoms with Crippen molar-refractivity contribution >= 4 is 11.7 Å². The minimum atomic E-state index is -0.151. The molecule has 5 nitrogen and oxygen atoms in total. The molecule has 3 rings (SSSR count). The average Bonchev–Trinajstić information content (AvgIpc) is 2.75. The highest BCUT2D eigenvalue weighted by Gasteiger charge is 2.29. The molecule has 5 heteroatoms. The third-order valence-corrected chi connectivity index (χ3v) is 4.17. The van der Waals surface area contributed by atoms with E-state index in [1.807, 2.05) is 0 Å². The van der Waals surface area contributed by atoms with Gasteiger partial charge in [-0.25, -0.2) is 0 Å². The Hall–Kier alpha value is -1.39. The predicted octanol–water partition coefficient (Wildman–Crippen LogP) is 2.68. The van der Waals surface area contributed by atoms with Gasteiger partial charge in [0.25, 0.3) is 5.95 Å². The van der Waals surface area contributed by atoms with Gasteiger partial charge in [0.2, 0.25) is 5.89 Å². The van der Waals surface area contributed by atoms with Gasteiger partial charge in [0.1, 0.15) is 5.78 Å². The van der Waals surface area contributed by atoms with Crippen molar-refractivity contribution in [3.63, 3.8) is 0 Å². The number of rotatable bonds is 2. The molecule has 19 heavy (non-hydrogen) atoms. The van der Waals surface area contributed by atoms with E-state index in [2.05, 4.69) is 15.0 Å². The van der Waals surface area contributed by atoms with Gasteiger partial charge >= 0.3 is 0 Å². The van der Waals surface area contributed by atoms with E-state index in [0.29, 0.717) is 18.3 Å². The molecule has 0 aromatic carbocycles. The van der Waals surface area contributed by atoms with Crippen LogP contribution in [0.3, 0.4) is 0 Å². The summed E-state index contributed by atoms with van der Waals surface area (Å²) in [5.74, 6) is 1.32. The van der Waals surface area contributed by atoms with Crippen LogP contribution < -0.4 is 4.90 Å². The Labute approximate surface area is 113 Å². The van der Waals surface area contributed by atoms with Crippen molar-refractivity contribution in [3.05, 3.63) is 5.89 Å². The van der Waals surface area contributed by atoms with Crippen molar-refractivity contribution in [3.8, 4) is 0 Å². The summed E-state index contributed by atoms with van der Waals surface area (Å²) in [5.41, 5.74) is 0. The molecule has 2 heterocycles. The van der Waals surface area contributed by atoms with Crippen LogP contribution in [0.1, 0.15) is 63.2 Å². The number of carbonyl (C=O) groups excluding carboxylic acids is 1. The van der Waals surface area contributed by atoms with Crippen LogP contribution in [0.4, 0.5) is 5.95 Å². The molecule has 1 aliphatic heterocycles. The van der Waals surface area contributed by atoms with Crippen LogP contribution in [-0.2, 0) is 4.79 Å². The van der Waals surface area contributed by atoms with Gasteiger partial charge in [0.05, 0.1) is 5.92 Å². The second-order valence-electron chi connectivity index (χ2n) is 5.60. The smallest absolute Gasteiger partial charge is 0.266 e. The second-order valence-corrected chi connectivity index (χ2v) is 5.60. The Kier molecular flexibility index (Phi) is 3.80. The van der Waals surface area contributed by atoms with E-state index < -0.39 is 0 Å². The highest BCUT2D eigenvalue weighted by molar-refractivity contribution is 5.85. The third kappa shape index (κ3) is 2.80. The van der Waals surface area contributed by atoms with Crippen LogP contribution in [0, 0.1) is 0 Å². The number of hydrogen-bond donors (Lipinski definition) is 0. The first-order valence-electron chi connectivity index (χ1n) is 7.46. The number of hydrogen-bond acceptors (Lipinski definition) is 5. The molecule has 0 amide bonds. The molecule has 1 aliphatic carbocycles. The fraction of sp³-hybridized carbons (Fsp3) is 0.786. The number of anilines is 1. The van der Waals surface area contributed by atoms with Crippen LogP contribution in [0.2, 0.25) is 0 Å². The maximum absolute atomic E-state index is 11.9. The molecule has 0 N–H and O–H groups in total.